The third kappa shape index (κ3) is 1.94. The smallest absolute Gasteiger partial charge is 0.108 e. The number of hydrogen-bond acceptors (Lipinski definition) is 2. The second-order valence-electron chi connectivity index (χ2n) is 4.20. The Balaban J connectivity index is 3.30. The van der Waals surface area contributed by atoms with Crippen molar-refractivity contribution in [3.8, 4) is 0 Å². The van der Waals surface area contributed by atoms with Gasteiger partial charge >= 0.3 is 0 Å². The molecular weight excluding hydrogens is 230 g/mol. The maximum Gasteiger partial charge on any atom is 0.108 e. The summed E-state index contributed by atoms with van der Waals surface area (Å²) >= 11 is 3.47. The fraction of sp³-hybridized carbons (Fsp3) is 0.667. The van der Waals surface area contributed by atoms with Crippen LogP contribution < -0.4 is 5.73 Å². The molecule has 4 heteroatoms. The molecule has 0 bridgehead atoms. The predicted molar refractivity (Wildman–Crippen MR) is 57.5 cm³/mol. The molecule has 3 nitrogen and oxygen atoms in total. The molecule has 0 unspecified atom stereocenters. The van der Waals surface area contributed by atoms with Crippen LogP contribution in [0.25, 0.3) is 0 Å². The number of hydrogen-bond donors (Lipinski definition) is 1. The van der Waals surface area contributed by atoms with Crippen LogP contribution in [0.5, 0.6) is 0 Å². The van der Waals surface area contributed by atoms with Gasteiger partial charge in [0.15, 0.2) is 0 Å². The molecule has 0 atom stereocenters. The fourth-order valence-electron chi connectivity index (χ4n) is 1.33. The second kappa shape index (κ2) is 3.42. The quantitative estimate of drug-likeness (QED) is 0.822. The van der Waals surface area contributed by atoms with Crippen molar-refractivity contribution in [1.82, 2.24) is 9.78 Å². The molecule has 0 aliphatic heterocycles. The van der Waals surface area contributed by atoms with Crippen LogP contribution in [0.2, 0.25) is 0 Å². The van der Waals surface area contributed by atoms with E-state index in [0.29, 0.717) is 6.54 Å². The number of aromatic nitrogens is 2. The molecule has 1 rings (SSSR count). The lowest BCUT2D eigenvalue weighted by Gasteiger charge is -2.16. The minimum absolute atomic E-state index is 0.0541. The molecule has 0 amide bonds. The van der Waals surface area contributed by atoms with Crippen molar-refractivity contribution >= 4 is 15.9 Å². The summed E-state index contributed by atoms with van der Waals surface area (Å²) in [6.45, 7) is 6.95. The molecule has 0 fully saturated rings. The number of aryl methyl sites for hydroxylation is 1. The fourth-order valence-corrected chi connectivity index (χ4v) is 1.76. The number of halogens is 1. The zero-order valence-corrected chi connectivity index (χ0v) is 10.1. The summed E-state index contributed by atoms with van der Waals surface area (Å²) in [6, 6.07) is 0. The molecule has 0 spiro atoms. The van der Waals surface area contributed by atoms with Gasteiger partial charge in [-0.25, -0.2) is 0 Å². The molecule has 1 heterocycles. The summed E-state index contributed by atoms with van der Waals surface area (Å²) in [5, 5.41) is 4.44. The van der Waals surface area contributed by atoms with Gasteiger partial charge in [0, 0.05) is 24.6 Å². The Morgan fingerprint density at radius 1 is 1.46 bits per heavy atom. The van der Waals surface area contributed by atoms with Crippen LogP contribution in [0, 0.1) is 0 Å². The average molecular weight is 246 g/mol. The Labute approximate surface area is 87.4 Å². The molecule has 0 radical (unpaired) electrons. The first-order valence-corrected chi connectivity index (χ1v) is 5.09. The average Bonchev–Trinajstić information content (AvgIpc) is 2.28. The van der Waals surface area contributed by atoms with Gasteiger partial charge in [0.2, 0.25) is 0 Å². The van der Waals surface area contributed by atoms with Gasteiger partial charge in [-0.05, 0) is 15.9 Å². The van der Waals surface area contributed by atoms with Crippen LogP contribution >= 0.6 is 15.9 Å². The number of nitrogens with zero attached hydrogens (tertiary/aromatic N) is 2. The van der Waals surface area contributed by atoms with Crippen molar-refractivity contribution in [1.29, 1.82) is 0 Å². The van der Waals surface area contributed by atoms with Crippen LogP contribution in [-0.4, -0.2) is 9.78 Å². The predicted octanol–water partition coefficient (Wildman–Crippen LogP) is 1.94. The van der Waals surface area contributed by atoms with Gasteiger partial charge in [-0.2, -0.15) is 5.10 Å². The molecule has 1 aromatic heterocycles. The van der Waals surface area contributed by atoms with E-state index in [1.165, 1.54) is 0 Å². The Hall–Kier alpha value is -0.350. The van der Waals surface area contributed by atoms with E-state index in [1.54, 1.807) is 0 Å². The van der Waals surface area contributed by atoms with Crippen LogP contribution in [0.15, 0.2) is 4.60 Å². The van der Waals surface area contributed by atoms with Crippen molar-refractivity contribution in [2.24, 2.45) is 12.8 Å². The van der Waals surface area contributed by atoms with Crippen LogP contribution in [0.3, 0.4) is 0 Å². The molecule has 13 heavy (non-hydrogen) atoms. The van der Waals surface area contributed by atoms with Gasteiger partial charge < -0.3 is 5.73 Å². The highest BCUT2D eigenvalue weighted by Gasteiger charge is 2.23. The van der Waals surface area contributed by atoms with E-state index in [0.717, 1.165) is 15.9 Å². The van der Waals surface area contributed by atoms with E-state index in [1.807, 2.05) is 11.7 Å². The minimum atomic E-state index is 0.0541. The van der Waals surface area contributed by atoms with Crippen molar-refractivity contribution < 1.29 is 0 Å². The third-order valence-corrected chi connectivity index (χ3v) is 2.98. The Morgan fingerprint density at radius 3 is 2.31 bits per heavy atom. The first-order chi connectivity index (χ1) is 5.88. The lowest BCUT2D eigenvalue weighted by atomic mass is 9.90. The molecule has 0 saturated carbocycles. The number of nitrogens with two attached hydrogens (primary N) is 1. The van der Waals surface area contributed by atoms with Crippen LogP contribution in [0.1, 0.15) is 32.0 Å². The Bertz CT molecular complexity index is 309. The van der Waals surface area contributed by atoms with Gasteiger partial charge in [-0.3, -0.25) is 4.68 Å². The lowest BCUT2D eigenvalue weighted by Crippen LogP contribution is -2.16. The van der Waals surface area contributed by atoms with E-state index in [9.17, 15) is 0 Å². The molecule has 0 aromatic carbocycles. The van der Waals surface area contributed by atoms with E-state index in [4.69, 9.17) is 5.73 Å². The second-order valence-corrected chi connectivity index (χ2v) is 4.95. The standard InChI is InChI=1S/C9H16BrN3/c1-9(2,3)7-6(5-11)8(10)13(4)12-7/h5,11H2,1-4H3. The minimum Gasteiger partial charge on any atom is -0.326 e. The summed E-state index contributed by atoms with van der Waals surface area (Å²) < 4.78 is 2.81. The van der Waals surface area contributed by atoms with E-state index >= 15 is 0 Å². The summed E-state index contributed by atoms with van der Waals surface area (Å²) in [5.41, 5.74) is 7.91. The van der Waals surface area contributed by atoms with Crippen LogP contribution in [-0.2, 0) is 19.0 Å². The van der Waals surface area contributed by atoms with Crippen molar-refractivity contribution in [3.63, 3.8) is 0 Å². The zero-order valence-electron chi connectivity index (χ0n) is 8.56. The SMILES string of the molecule is Cn1nc(C(C)(C)C)c(CN)c1Br. The first-order valence-electron chi connectivity index (χ1n) is 4.30. The molecule has 1 aromatic rings. The summed E-state index contributed by atoms with van der Waals surface area (Å²) in [6.07, 6.45) is 0. The molecule has 0 aliphatic carbocycles. The zero-order chi connectivity index (χ0) is 10.2. The summed E-state index contributed by atoms with van der Waals surface area (Å²) in [5.74, 6) is 0. The van der Waals surface area contributed by atoms with E-state index < -0.39 is 0 Å². The summed E-state index contributed by atoms with van der Waals surface area (Å²) in [4.78, 5) is 0. The lowest BCUT2D eigenvalue weighted by molar-refractivity contribution is 0.548. The van der Waals surface area contributed by atoms with E-state index in [2.05, 4.69) is 41.8 Å². The van der Waals surface area contributed by atoms with Gasteiger partial charge in [0.1, 0.15) is 4.60 Å². The van der Waals surface area contributed by atoms with Gasteiger partial charge in [-0.15, -0.1) is 0 Å². The largest absolute Gasteiger partial charge is 0.326 e. The highest BCUT2D eigenvalue weighted by atomic mass is 79.9. The van der Waals surface area contributed by atoms with Crippen molar-refractivity contribution in [2.75, 3.05) is 0 Å². The van der Waals surface area contributed by atoms with Gasteiger partial charge in [-0.1, -0.05) is 20.8 Å². The van der Waals surface area contributed by atoms with Crippen LogP contribution in [0.4, 0.5) is 0 Å². The van der Waals surface area contributed by atoms with Crippen molar-refractivity contribution in [2.45, 2.75) is 32.7 Å². The normalized spacial score (nSPS) is 12.2. The number of rotatable bonds is 1. The molecular formula is C9H16BrN3. The van der Waals surface area contributed by atoms with Gasteiger partial charge in [0.25, 0.3) is 0 Å². The molecule has 0 saturated heterocycles. The maximum atomic E-state index is 5.68. The monoisotopic (exact) mass is 245 g/mol. The highest BCUT2D eigenvalue weighted by molar-refractivity contribution is 9.10. The highest BCUT2D eigenvalue weighted by Crippen LogP contribution is 2.29. The molecule has 2 N–H and O–H groups in total. The Kier molecular flexibility index (Phi) is 2.82. The first kappa shape index (κ1) is 10.7. The maximum absolute atomic E-state index is 5.68. The molecule has 74 valence electrons. The van der Waals surface area contributed by atoms with E-state index in [-0.39, 0.29) is 5.41 Å². The Morgan fingerprint density at radius 2 is 2.00 bits per heavy atom. The topological polar surface area (TPSA) is 43.8 Å². The van der Waals surface area contributed by atoms with Crippen molar-refractivity contribution in [3.05, 3.63) is 15.9 Å². The molecule has 0 aliphatic rings. The third-order valence-electron chi connectivity index (χ3n) is 1.98. The summed E-state index contributed by atoms with van der Waals surface area (Å²) in [7, 11) is 1.92. The van der Waals surface area contributed by atoms with Gasteiger partial charge in [0.05, 0.1) is 5.69 Å².